The molecule has 2 saturated heterocycles. The van der Waals surface area contributed by atoms with E-state index in [0.29, 0.717) is 42.5 Å². The number of carbonyl (C=O) groups excluding carboxylic acids is 1. The number of para-hydroxylation sites is 1. The lowest BCUT2D eigenvalue weighted by atomic mass is 10.0. The number of nitrogens with zero attached hydrogens (tertiary/aromatic N) is 2. The number of carbonyl (C=O) groups is 3. The van der Waals surface area contributed by atoms with E-state index in [1.165, 1.54) is 0 Å². The zero-order valence-electron chi connectivity index (χ0n) is 20.1. The Labute approximate surface area is 221 Å². The van der Waals surface area contributed by atoms with Gasteiger partial charge >= 0.3 is 18.1 Å². The molecule has 2 aromatic rings. The van der Waals surface area contributed by atoms with Gasteiger partial charge in [0.15, 0.2) is 0 Å². The standard InChI is InChI=1S/C23H26ClN3O4.C2HF3O2/c24-16-7-5-15(6-8-16)22(29)26-11-9-17(10-12-26)25-19-13-27(14-21(19)28)20-4-2-1-3-18(20)23(30)31;3-2(4,5)1(6)7/h1-8,17,19,21,25,28H,9-14H2,(H,30,31);(H,6,7)/t19?,21-;/m1./s1. The molecule has 2 aliphatic rings. The number of aromatic carboxylic acids is 1. The molecule has 2 heterocycles. The second-order valence-electron chi connectivity index (χ2n) is 8.94. The molecule has 0 bridgehead atoms. The number of amides is 1. The number of likely N-dealkylation sites (tertiary alicyclic amines) is 1. The van der Waals surface area contributed by atoms with Crippen molar-refractivity contribution in [2.75, 3.05) is 31.1 Å². The average Bonchev–Trinajstić information content (AvgIpc) is 3.24. The van der Waals surface area contributed by atoms with E-state index in [-0.39, 0.29) is 23.6 Å². The van der Waals surface area contributed by atoms with Crippen molar-refractivity contribution < 1.29 is 42.9 Å². The first-order valence-electron chi connectivity index (χ1n) is 11.7. The van der Waals surface area contributed by atoms with E-state index >= 15 is 0 Å². The van der Waals surface area contributed by atoms with Crippen LogP contribution in [-0.4, -0.2) is 88.6 Å². The topological polar surface area (TPSA) is 130 Å². The van der Waals surface area contributed by atoms with Gasteiger partial charge in [0.2, 0.25) is 0 Å². The maximum Gasteiger partial charge on any atom is 0.490 e. The number of hydrogen-bond donors (Lipinski definition) is 4. The van der Waals surface area contributed by atoms with Gasteiger partial charge in [0.1, 0.15) is 0 Å². The second kappa shape index (κ2) is 12.5. The maximum absolute atomic E-state index is 12.7. The minimum Gasteiger partial charge on any atom is -0.478 e. The van der Waals surface area contributed by atoms with Crippen LogP contribution < -0.4 is 10.2 Å². The van der Waals surface area contributed by atoms with E-state index < -0.39 is 24.2 Å². The van der Waals surface area contributed by atoms with Gasteiger partial charge in [-0.25, -0.2) is 9.59 Å². The first kappa shape index (κ1) is 29.2. The summed E-state index contributed by atoms with van der Waals surface area (Å²) >= 11 is 5.90. The Kier molecular flexibility index (Phi) is 9.58. The van der Waals surface area contributed by atoms with E-state index in [1.54, 1.807) is 42.5 Å². The molecule has 0 aliphatic carbocycles. The number of β-amino-alcohol motifs (C(OH)–C–C–N with tert-alkyl or cyclic N) is 1. The Morgan fingerprint density at radius 2 is 1.53 bits per heavy atom. The zero-order valence-corrected chi connectivity index (χ0v) is 20.8. The molecule has 4 N–H and O–H groups in total. The summed E-state index contributed by atoms with van der Waals surface area (Å²) in [6.45, 7) is 2.21. The molecule has 2 fully saturated rings. The van der Waals surface area contributed by atoms with Crippen LogP contribution in [0.1, 0.15) is 33.6 Å². The third-order valence-electron chi connectivity index (χ3n) is 6.33. The Morgan fingerprint density at radius 1 is 0.947 bits per heavy atom. The van der Waals surface area contributed by atoms with Crippen LogP contribution in [0.5, 0.6) is 0 Å². The number of nitrogens with one attached hydrogen (secondary N) is 1. The van der Waals surface area contributed by atoms with Gasteiger partial charge in [-0.2, -0.15) is 13.2 Å². The van der Waals surface area contributed by atoms with Crippen LogP contribution in [0.3, 0.4) is 0 Å². The normalized spacial score (nSPS) is 20.0. The van der Waals surface area contributed by atoms with Crippen LogP contribution in [0.25, 0.3) is 0 Å². The fourth-order valence-electron chi connectivity index (χ4n) is 4.40. The third kappa shape index (κ3) is 7.59. The molecule has 38 heavy (non-hydrogen) atoms. The SMILES string of the molecule is O=C(O)C(F)(F)F.O=C(O)c1ccccc1N1CC(NC2CCN(C(=O)c3ccc(Cl)cc3)CC2)[C@H](O)C1. The molecule has 13 heteroatoms. The van der Waals surface area contributed by atoms with Crippen molar-refractivity contribution in [1.82, 2.24) is 10.2 Å². The zero-order chi connectivity index (χ0) is 28.0. The number of halogens is 4. The van der Waals surface area contributed by atoms with Crippen molar-refractivity contribution in [3.63, 3.8) is 0 Å². The predicted molar refractivity (Wildman–Crippen MR) is 133 cm³/mol. The summed E-state index contributed by atoms with van der Waals surface area (Å²) in [5, 5.41) is 31.3. The van der Waals surface area contributed by atoms with E-state index in [2.05, 4.69) is 5.32 Å². The average molecular weight is 558 g/mol. The Hall–Kier alpha value is -3.35. The highest BCUT2D eigenvalue weighted by Gasteiger charge is 2.38. The van der Waals surface area contributed by atoms with Gasteiger partial charge in [-0.1, -0.05) is 23.7 Å². The number of rotatable bonds is 5. The van der Waals surface area contributed by atoms with Crippen LogP contribution in [0.2, 0.25) is 5.02 Å². The van der Waals surface area contributed by atoms with Crippen LogP contribution in [-0.2, 0) is 4.79 Å². The van der Waals surface area contributed by atoms with Gasteiger partial charge in [-0.15, -0.1) is 0 Å². The highest BCUT2D eigenvalue weighted by molar-refractivity contribution is 6.30. The largest absolute Gasteiger partial charge is 0.490 e. The lowest BCUT2D eigenvalue weighted by Crippen LogP contribution is -2.50. The number of hydrogen-bond acceptors (Lipinski definition) is 6. The summed E-state index contributed by atoms with van der Waals surface area (Å²) in [6, 6.07) is 13.8. The number of anilines is 1. The van der Waals surface area contributed by atoms with Gasteiger partial charge in [-0.3, -0.25) is 4.79 Å². The highest BCUT2D eigenvalue weighted by atomic mass is 35.5. The number of carboxylic acids is 2. The number of aliphatic carboxylic acids is 1. The Balaban J connectivity index is 0.000000505. The van der Waals surface area contributed by atoms with Gasteiger partial charge in [0, 0.05) is 42.8 Å². The minimum atomic E-state index is -5.08. The monoisotopic (exact) mass is 557 g/mol. The van der Waals surface area contributed by atoms with Crippen molar-refractivity contribution >= 4 is 35.1 Å². The molecule has 2 aromatic carbocycles. The first-order valence-corrected chi connectivity index (χ1v) is 12.1. The van der Waals surface area contributed by atoms with E-state index in [4.69, 9.17) is 21.5 Å². The van der Waals surface area contributed by atoms with E-state index in [0.717, 1.165) is 12.8 Å². The van der Waals surface area contributed by atoms with Crippen LogP contribution in [0.15, 0.2) is 48.5 Å². The Bertz CT molecular complexity index is 1140. The molecule has 0 aromatic heterocycles. The quantitative estimate of drug-likeness (QED) is 0.441. The summed E-state index contributed by atoms with van der Waals surface area (Å²) in [5.41, 5.74) is 1.50. The fourth-order valence-corrected chi connectivity index (χ4v) is 4.53. The van der Waals surface area contributed by atoms with Crippen molar-refractivity contribution in [1.29, 1.82) is 0 Å². The summed E-state index contributed by atoms with van der Waals surface area (Å²) in [5.74, 6) is -3.72. The van der Waals surface area contributed by atoms with Crippen molar-refractivity contribution in [3.8, 4) is 0 Å². The number of carboxylic acid groups (broad SMARTS) is 2. The van der Waals surface area contributed by atoms with E-state index in [9.17, 15) is 33.0 Å². The first-order chi connectivity index (χ1) is 17.9. The number of piperidine rings is 1. The summed E-state index contributed by atoms with van der Waals surface area (Å²) in [6.07, 6.45) is -4.07. The molecular formula is C25H27ClF3N3O6. The molecule has 0 saturated carbocycles. The second-order valence-corrected chi connectivity index (χ2v) is 9.38. The van der Waals surface area contributed by atoms with Gasteiger partial charge in [-0.05, 0) is 49.2 Å². The minimum absolute atomic E-state index is 0.00692. The summed E-state index contributed by atoms with van der Waals surface area (Å²) < 4.78 is 31.7. The molecule has 1 amide bonds. The lowest BCUT2D eigenvalue weighted by molar-refractivity contribution is -0.192. The van der Waals surface area contributed by atoms with Crippen molar-refractivity contribution in [2.45, 2.75) is 37.2 Å². The number of aliphatic hydroxyl groups is 1. The molecule has 2 atom stereocenters. The molecule has 9 nitrogen and oxygen atoms in total. The van der Waals surface area contributed by atoms with E-state index in [1.807, 2.05) is 15.9 Å². The predicted octanol–water partition coefficient (Wildman–Crippen LogP) is 3.12. The molecule has 1 unspecified atom stereocenters. The number of benzene rings is 2. The molecule has 206 valence electrons. The molecular weight excluding hydrogens is 531 g/mol. The van der Waals surface area contributed by atoms with Gasteiger partial charge in [0.25, 0.3) is 5.91 Å². The maximum atomic E-state index is 12.7. The molecule has 2 aliphatic heterocycles. The smallest absolute Gasteiger partial charge is 0.478 e. The van der Waals surface area contributed by atoms with Crippen LogP contribution >= 0.6 is 11.6 Å². The Morgan fingerprint density at radius 3 is 2.08 bits per heavy atom. The third-order valence-corrected chi connectivity index (χ3v) is 6.58. The van der Waals surface area contributed by atoms with Crippen molar-refractivity contribution in [3.05, 3.63) is 64.7 Å². The molecule has 0 radical (unpaired) electrons. The van der Waals surface area contributed by atoms with Crippen LogP contribution in [0.4, 0.5) is 18.9 Å². The lowest BCUT2D eigenvalue weighted by Gasteiger charge is -2.34. The van der Waals surface area contributed by atoms with Crippen molar-refractivity contribution in [2.24, 2.45) is 0 Å². The summed E-state index contributed by atoms with van der Waals surface area (Å²) in [4.78, 5) is 36.9. The summed E-state index contributed by atoms with van der Waals surface area (Å²) in [7, 11) is 0. The fraction of sp³-hybridized carbons (Fsp3) is 0.400. The van der Waals surface area contributed by atoms with Crippen LogP contribution in [0, 0.1) is 0 Å². The highest BCUT2D eigenvalue weighted by Crippen LogP contribution is 2.26. The number of alkyl halides is 3. The molecule has 4 rings (SSSR count). The molecule has 0 spiro atoms. The van der Waals surface area contributed by atoms with Gasteiger partial charge < -0.3 is 30.4 Å². The number of aliphatic hydroxyl groups excluding tert-OH is 1. The van der Waals surface area contributed by atoms with Gasteiger partial charge in [0.05, 0.1) is 23.4 Å².